The SMILES string of the molecule is CNC(=O)c1cc(C(=O)NC(C)(C)C)cc2c1OCC2. The average Bonchev–Trinajstić information content (AvgIpc) is 2.82. The van der Waals surface area contributed by atoms with E-state index in [1.54, 1.807) is 19.2 Å². The Labute approximate surface area is 118 Å². The molecular formula is C15H20N2O3. The standard InChI is InChI=1S/C15H20N2O3/c1-15(2,3)17-13(18)10-7-9-5-6-20-12(9)11(8-10)14(19)16-4/h7-8H,5-6H2,1-4H3,(H,16,19)(H,17,18). The molecule has 0 saturated heterocycles. The van der Waals surface area contributed by atoms with E-state index < -0.39 is 0 Å². The first-order valence-corrected chi connectivity index (χ1v) is 6.66. The summed E-state index contributed by atoms with van der Waals surface area (Å²) in [5.41, 5.74) is 1.49. The van der Waals surface area contributed by atoms with E-state index in [-0.39, 0.29) is 17.4 Å². The molecular weight excluding hydrogens is 256 g/mol. The van der Waals surface area contributed by atoms with Gasteiger partial charge < -0.3 is 15.4 Å². The highest BCUT2D eigenvalue weighted by atomic mass is 16.5. The van der Waals surface area contributed by atoms with Crippen molar-refractivity contribution in [1.29, 1.82) is 0 Å². The molecule has 1 heterocycles. The van der Waals surface area contributed by atoms with Crippen LogP contribution in [-0.2, 0) is 6.42 Å². The van der Waals surface area contributed by atoms with Gasteiger partial charge in [0.25, 0.3) is 11.8 Å². The van der Waals surface area contributed by atoms with Crippen molar-refractivity contribution in [1.82, 2.24) is 10.6 Å². The van der Waals surface area contributed by atoms with E-state index in [4.69, 9.17) is 4.74 Å². The minimum Gasteiger partial charge on any atom is -0.492 e. The van der Waals surface area contributed by atoms with Crippen molar-refractivity contribution >= 4 is 11.8 Å². The number of carbonyl (C=O) groups excluding carboxylic acids is 2. The number of benzene rings is 1. The Morgan fingerprint density at radius 2 is 1.90 bits per heavy atom. The molecule has 1 aromatic carbocycles. The van der Waals surface area contributed by atoms with Crippen LogP contribution in [-0.4, -0.2) is 31.0 Å². The molecule has 0 atom stereocenters. The Balaban J connectivity index is 2.41. The zero-order valence-electron chi connectivity index (χ0n) is 12.3. The third kappa shape index (κ3) is 2.92. The second-order valence-corrected chi connectivity index (χ2v) is 5.89. The highest BCUT2D eigenvalue weighted by Crippen LogP contribution is 2.31. The fourth-order valence-corrected chi connectivity index (χ4v) is 2.16. The van der Waals surface area contributed by atoms with Crippen molar-refractivity contribution in [2.24, 2.45) is 0 Å². The van der Waals surface area contributed by atoms with Crippen LogP contribution in [0.15, 0.2) is 12.1 Å². The predicted octanol–water partition coefficient (Wildman–Crippen LogP) is 1.51. The van der Waals surface area contributed by atoms with Gasteiger partial charge in [0.15, 0.2) is 0 Å². The van der Waals surface area contributed by atoms with Crippen LogP contribution in [0.2, 0.25) is 0 Å². The summed E-state index contributed by atoms with van der Waals surface area (Å²) in [6.07, 6.45) is 0.718. The van der Waals surface area contributed by atoms with Crippen LogP contribution in [0.25, 0.3) is 0 Å². The van der Waals surface area contributed by atoms with Gasteiger partial charge in [-0.25, -0.2) is 0 Å². The molecule has 0 unspecified atom stereocenters. The van der Waals surface area contributed by atoms with Gasteiger partial charge in [-0.2, -0.15) is 0 Å². The summed E-state index contributed by atoms with van der Waals surface area (Å²) in [4.78, 5) is 24.2. The monoisotopic (exact) mass is 276 g/mol. The molecule has 2 amide bonds. The lowest BCUT2D eigenvalue weighted by Gasteiger charge is -2.21. The maximum Gasteiger partial charge on any atom is 0.254 e. The molecule has 5 heteroatoms. The quantitative estimate of drug-likeness (QED) is 0.860. The molecule has 20 heavy (non-hydrogen) atoms. The molecule has 0 aromatic heterocycles. The molecule has 0 bridgehead atoms. The second kappa shape index (κ2) is 5.15. The van der Waals surface area contributed by atoms with Crippen molar-refractivity contribution in [3.8, 4) is 5.75 Å². The highest BCUT2D eigenvalue weighted by Gasteiger charge is 2.24. The minimum absolute atomic E-state index is 0.183. The maximum absolute atomic E-state index is 12.2. The van der Waals surface area contributed by atoms with Gasteiger partial charge in [0.2, 0.25) is 0 Å². The molecule has 0 saturated carbocycles. The van der Waals surface area contributed by atoms with E-state index >= 15 is 0 Å². The molecule has 2 N–H and O–H groups in total. The number of ether oxygens (including phenoxy) is 1. The smallest absolute Gasteiger partial charge is 0.254 e. The van der Waals surface area contributed by atoms with E-state index in [1.165, 1.54) is 0 Å². The maximum atomic E-state index is 12.2. The normalized spacial score (nSPS) is 13.4. The predicted molar refractivity (Wildman–Crippen MR) is 76.3 cm³/mol. The van der Waals surface area contributed by atoms with E-state index in [9.17, 15) is 9.59 Å². The van der Waals surface area contributed by atoms with Crippen LogP contribution >= 0.6 is 0 Å². The van der Waals surface area contributed by atoms with E-state index in [2.05, 4.69) is 10.6 Å². The Morgan fingerprint density at radius 3 is 2.50 bits per heavy atom. The van der Waals surface area contributed by atoms with Crippen LogP contribution < -0.4 is 15.4 Å². The van der Waals surface area contributed by atoms with Gasteiger partial charge in [0, 0.05) is 24.6 Å². The van der Waals surface area contributed by atoms with Crippen molar-refractivity contribution in [3.63, 3.8) is 0 Å². The Kier molecular flexibility index (Phi) is 3.70. The summed E-state index contributed by atoms with van der Waals surface area (Å²) in [5.74, 6) is 0.169. The molecule has 0 fully saturated rings. The molecule has 0 radical (unpaired) electrons. The number of carbonyl (C=O) groups is 2. The van der Waals surface area contributed by atoms with Crippen molar-refractivity contribution in [2.45, 2.75) is 32.7 Å². The number of rotatable bonds is 2. The summed E-state index contributed by atoms with van der Waals surface area (Å²) < 4.78 is 5.50. The van der Waals surface area contributed by atoms with Crippen LogP contribution in [0.5, 0.6) is 5.75 Å². The Morgan fingerprint density at radius 1 is 1.20 bits per heavy atom. The highest BCUT2D eigenvalue weighted by molar-refractivity contribution is 6.02. The van der Waals surface area contributed by atoms with Crippen molar-refractivity contribution < 1.29 is 14.3 Å². The molecule has 1 aliphatic heterocycles. The lowest BCUT2D eigenvalue weighted by molar-refractivity contribution is 0.0919. The first-order chi connectivity index (χ1) is 9.31. The first kappa shape index (κ1) is 14.4. The van der Waals surface area contributed by atoms with E-state index in [0.717, 1.165) is 12.0 Å². The number of hydrogen-bond acceptors (Lipinski definition) is 3. The van der Waals surface area contributed by atoms with Crippen LogP contribution in [0.3, 0.4) is 0 Å². The third-order valence-electron chi connectivity index (χ3n) is 3.01. The minimum atomic E-state index is -0.320. The van der Waals surface area contributed by atoms with Crippen molar-refractivity contribution in [3.05, 3.63) is 28.8 Å². The summed E-state index contributed by atoms with van der Waals surface area (Å²) in [6, 6.07) is 3.39. The summed E-state index contributed by atoms with van der Waals surface area (Å²) in [5, 5.41) is 5.47. The Bertz CT molecular complexity index is 559. The Hall–Kier alpha value is -2.04. The van der Waals surface area contributed by atoms with Gasteiger partial charge in [-0.3, -0.25) is 9.59 Å². The zero-order chi connectivity index (χ0) is 14.9. The molecule has 108 valence electrons. The lowest BCUT2D eigenvalue weighted by Crippen LogP contribution is -2.40. The second-order valence-electron chi connectivity index (χ2n) is 5.89. The van der Waals surface area contributed by atoms with Gasteiger partial charge in [-0.1, -0.05) is 0 Å². The van der Waals surface area contributed by atoms with Crippen molar-refractivity contribution in [2.75, 3.05) is 13.7 Å². The average molecular weight is 276 g/mol. The van der Waals surface area contributed by atoms with E-state index in [0.29, 0.717) is 23.5 Å². The topological polar surface area (TPSA) is 67.4 Å². The summed E-state index contributed by atoms with van der Waals surface area (Å²) in [6.45, 7) is 6.30. The van der Waals surface area contributed by atoms with Gasteiger partial charge in [0.05, 0.1) is 12.2 Å². The summed E-state index contributed by atoms with van der Waals surface area (Å²) >= 11 is 0. The van der Waals surface area contributed by atoms with Gasteiger partial charge in [-0.15, -0.1) is 0 Å². The number of nitrogens with one attached hydrogen (secondary N) is 2. The molecule has 1 aliphatic rings. The van der Waals surface area contributed by atoms with Crippen LogP contribution in [0.1, 0.15) is 47.1 Å². The van der Waals surface area contributed by atoms with Gasteiger partial charge >= 0.3 is 0 Å². The molecule has 2 rings (SSSR count). The zero-order valence-corrected chi connectivity index (χ0v) is 12.3. The lowest BCUT2D eigenvalue weighted by atomic mass is 10.0. The fraction of sp³-hybridized carbons (Fsp3) is 0.467. The van der Waals surface area contributed by atoms with Gasteiger partial charge in [-0.05, 0) is 38.5 Å². The third-order valence-corrected chi connectivity index (χ3v) is 3.01. The molecule has 0 aliphatic carbocycles. The molecule has 0 spiro atoms. The van der Waals surface area contributed by atoms with Gasteiger partial charge in [0.1, 0.15) is 5.75 Å². The van der Waals surface area contributed by atoms with E-state index in [1.807, 2.05) is 20.8 Å². The fourth-order valence-electron chi connectivity index (χ4n) is 2.16. The van der Waals surface area contributed by atoms with Crippen LogP contribution in [0, 0.1) is 0 Å². The summed E-state index contributed by atoms with van der Waals surface area (Å²) in [7, 11) is 1.56. The first-order valence-electron chi connectivity index (χ1n) is 6.66. The number of amides is 2. The van der Waals surface area contributed by atoms with Crippen LogP contribution in [0.4, 0.5) is 0 Å². The number of fused-ring (bicyclic) bond motifs is 1. The largest absolute Gasteiger partial charge is 0.492 e. The molecule has 5 nitrogen and oxygen atoms in total. The number of hydrogen-bond donors (Lipinski definition) is 2. The molecule has 1 aromatic rings.